The number of carbonyl (C=O) groups excluding carboxylic acids is 2. The van der Waals surface area contributed by atoms with Crippen molar-refractivity contribution < 1.29 is 14.3 Å². The summed E-state index contributed by atoms with van der Waals surface area (Å²) in [5, 5.41) is 3.13. The van der Waals surface area contributed by atoms with E-state index in [1.807, 2.05) is 41.4 Å². The van der Waals surface area contributed by atoms with E-state index in [0.29, 0.717) is 36.1 Å². The van der Waals surface area contributed by atoms with Gasteiger partial charge in [0.15, 0.2) is 0 Å². The third-order valence-corrected chi connectivity index (χ3v) is 7.96. The molecule has 0 saturated carbocycles. The van der Waals surface area contributed by atoms with Gasteiger partial charge in [-0.1, -0.05) is 43.7 Å². The van der Waals surface area contributed by atoms with Crippen LogP contribution in [0.5, 0.6) is 5.75 Å². The number of pyridine rings is 1. The first-order chi connectivity index (χ1) is 17.9. The number of carbonyl (C=O) groups is 2. The molecule has 2 aromatic rings. The Balaban J connectivity index is 1.34. The molecule has 0 spiro atoms. The standard InChI is InChI=1S/C30H40N4O3/c1-21(2)26-18-23(19-29(35)34-15-13-33(14-16-34)28-11-7-8-12-31-28)22(3)17-24(26)20-32-30(36)25-9-5-6-10-27(25)37-4/h5-12,17,21,23-24,26H,13-16,18-20H2,1-4H3,(H,32,36)/t23-,24-,26-/m0/s1. The van der Waals surface area contributed by atoms with Gasteiger partial charge in [-0.05, 0) is 61.3 Å². The summed E-state index contributed by atoms with van der Waals surface area (Å²) < 4.78 is 5.35. The van der Waals surface area contributed by atoms with Gasteiger partial charge in [-0.2, -0.15) is 0 Å². The van der Waals surface area contributed by atoms with Crippen LogP contribution in [0.15, 0.2) is 60.3 Å². The number of ether oxygens (including phenoxy) is 1. The number of rotatable bonds is 8. The van der Waals surface area contributed by atoms with Gasteiger partial charge in [0.25, 0.3) is 5.91 Å². The number of hydrogen-bond acceptors (Lipinski definition) is 5. The zero-order valence-corrected chi connectivity index (χ0v) is 22.5. The van der Waals surface area contributed by atoms with Crippen LogP contribution >= 0.6 is 0 Å². The second kappa shape index (κ2) is 12.3. The summed E-state index contributed by atoms with van der Waals surface area (Å²) in [6, 6.07) is 13.2. The molecule has 1 fully saturated rings. The van der Waals surface area contributed by atoms with Gasteiger partial charge in [-0.15, -0.1) is 0 Å². The SMILES string of the molecule is COc1ccccc1C(=O)NC[C@@H]1C=C(C)[C@H](CC(=O)N2CCN(c3ccccn3)CC2)C[C@H]1C(C)C. The van der Waals surface area contributed by atoms with E-state index in [1.54, 1.807) is 19.2 Å². The number of para-hydroxylation sites is 1. The average molecular weight is 505 g/mol. The predicted molar refractivity (Wildman–Crippen MR) is 147 cm³/mol. The van der Waals surface area contributed by atoms with Crippen molar-refractivity contribution in [1.29, 1.82) is 0 Å². The number of nitrogens with one attached hydrogen (secondary N) is 1. The lowest BCUT2D eigenvalue weighted by molar-refractivity contribution is -0.132. The summed E-state index contributed by atoms with van der Waals surface area (Å²) in [6.45, 7) is 10.3. The quantitative estimate of drug-likeness (QED) is 0.539. The Kier molecular flexibility index (Phi) is 8.85. The molecule has 198 valence electrons. The van der Waals surface area contributed by atoms with Crippen LogP contribution in [0.1, 0.15) is 44.0 Å². The van der Waals surface area contributed by atoms with E-state index < -0.39 is 0 Å². The summed E-state index contributed by atoms with van der Waals surface area (Å²) in [4.78, 5) is 34.8. The van der Waals surface area contributed by atoms with Gasteiger partial charge in [-0.25, -0.2) is 4.98 Å². The number of benzene rings is 1. The van der Waals surface area contributed by atoms with Gasteiger partial charge in [0.05, 0.1) is 12.7 Å². The maximum absolute atomic E-state index is 13.2. The summed E-state index contributed by atoms with van der Waals surface area (Å²) in [7, 11) is 1.58. The Bertz CT molecular complexity index is 1090. The van der Waals surface area contributed by atoms with Crippen LogP contribution in [0.4, 0.5) is 5.82 Å². The number of hydrogen-bond donors (Lipinski definition) is 1. The smallest absolute Gasteiger partial charge is 0.255 e. The molecule has 2 heterocycles. The first-order valence-corrected chi connectivity index (χ1v) is 13.4. The highest BCUT2D eigenvalue weighted by molar-refractivity contribution is 5.96. The fourth-order valence-corrected chi connectivity index (χ4v) is 5.71. The Labute approximate surface area is 220 Å². The molecule has 0 bridgehead atoms. The van der Waals surface area contributed by atoms with E-state index in [1.165, 1.54) is 5.57 Å². The average Bonchev–Trinajstić information content (AvgIpc) is 2.93. The number of piperazine rings is 1. The fraction of sp³-hybridized carbons (Fsp3) is 0.500. The molecule has 7 nitrogen and oxygen atoms in total. The molecule has 37 heavy (non-hydrogen) atoms. The molecule has 1 N–H and O–H groups in total. The number of allylic oxidation sites excluding steroid dienone is 1. The third-order valence-electron chi connectivity index (χ3n) is 7.96. The fourth-order valence-electron chi connectivity index (χ4n) is 5.71. The van der Waals surface area contributed by atoms with Crippen molar-refractivity contribution in [1.82, 2.24) is 15.2 Å². The first kappa shape index (κ1) is 26.7. The Hall–Kier alpha value is -3.35. The van der Waals surface area contributed by atoms with Crippen molar-refractivity contribution in [2.24, 2.45) is 23.7 Å². The summed E-state index contributed by atoms with van der Waals surface area (Å²) in [5.74, 6) is 3.02. The summed E-state index contributed by atoms with van der Waals surface area (Å²) in [5.41, 5.74) is 1.81. The van der Waals surface area contributed by atoms with Gasteiger partial charge >= 0.3 is 0 Å². The maximum Gasteiger partial charge on any atom is 0.255 e. The lowest BCUT2D eigenvalue weighted by Gasteiger charge is -2.39. The molecule has 0 radical (unpaired) electrons. The Morgan fingerprint density at radius 2 is 1.81 bits per heavy atom. The minimum Gasteiger partial charge on any atom is -0.496 e. The van der Waals surface area contributed by atoms with Crippen LogP contribution in [0.2, 0.25) is 0 Å². The van der Waals surface area contributed by atoms with Crippen molar-refractivity contribution in [3.05, 3.63) is 65.9 Å². The van der Waals surface area contributed by atoms with Crippen molar-refractivity contribution in [3.8, 4) is 5.75 Å². The Morgan fingerprint density at radius 3 is 2.49 bits per heavy atom. The van der Waals surface area contributed by atoms with E-state index in [0.717, 1.165) is 38.4 Å². The van der Waals surface area contributed by atoms with Gasteiger partial charge in [0, 0.05) is 45.3 Å². The molecule has 2 aliphatic rings. The van der Waals surface area contributed by atoms with Crippen LogP contribution in [0, 0.1) is 23.7 Å². The second-order valence-electron chi connectivity index (χ2n) is 10.6. The molecule has 1 saturated heterocycles. The van der Waals surface area contributed by atoms with Crippen LogP contribution in [-0.4, -0.2) is 61.5 Å². The number of amides is 2. The molecule has 4 rings (SSSR count). The lowest BCUT2D eigenvalue weighted by Crippen LogP contribution is -2.49. The normalized spacial score (nSPS) is 22.0. The molecule has 1 aromatic carbocycles. The highest BCUT2D eigenvalue weighted by Gasteiger charge is 2.34. The second-order valence-corrected chi connectivity index (χ2v) is 10.6. The summed E-state index contributed by atoms with van der Waals surface area (Å²) in [6.07, 6.45) is 5.63. The highest BCUT2D eigenvalue weighted by Crippen LogP contribution is 2.39. The van der Waals surface area contributed by atoms with Crippen LogP contribution in [0.25, 0.3) is 0 Å². The minimum absolute atomic E-state index is 0.117. The molecule has 0 unspecified atom stereocenters. The monoisotopic (exact) mass is 504 g/mol. The highest BCUT2D eigenvalue weighted by atomic mass is 16.5. The molecule has 1 aliphatic carbocycles. The van der Waals surface area contributed by atoms with Gasteiger partial charge in [-0.3, -0.25) is 9.59 Å². The van der Waals surface area contributed by atoms with Gasteiger partial charge in [0.1, 0.15) is 11.6 Å². The first-order valence-electron chi connectivity index (χ1n) is 13.4. The molecule has 2 amide bonds. The van der Waals surface area contributed by atoms with Crippen molar-refractivity contribution in [2.75, 3.05) is 44.7 Å². The summed E-state index contributed by atoms with van der Waals surface area (Å²) >= 11 is 0. The van der Waals surface area contributed by atoms with Crippen molar-refractivity contribution >= 4 is 17.6 Å². The molecule has 3 atom stereocenters. The number of aromatic nitrogens is 1. The van der Waals surface area contributed by atoms with E-state index in [2.05, 4.69) is 42.0 Å². The molecule has 1 aliphatic heterocycles. The molecular weight excluding hydrogens is 464 g/mol. The van der Waals surface area contributed by atoms with E-state index in [9.17, 15) is 9.59 Å². The predicted octanol–water partition coefficient (Wildman–Crippen LogP) is 4.41. The zero-order valence-electron chi connectivity index (χ0n) is 22.5. The zero-order chi connectivity index (χ0) is 26.4. The third kappa shape index (κ3) is 6.51. The topological polar surface area (TPSA) is 74.8 Å². The van der Waals surface area contributed by atoms with Crippen LogP contribution < -0.4 is 15.0 Å². The van der Waals surface area contributed by atoms with Crippen molar-refractivity contribution in [2.45, 2.75) is 33.6 Å². The van der Waals surface area contributed by atoms with Crippen LogP contribution in [-0.2, 0) is 4.79 Å². The number of anilines is 1. The van der Waals surface area contributed by atoms with Gasteiger partial charge in [0.2, 0.25) is 5.91 Å². The minimum atomic E-state index is -0.117. The Morgan fingerprint density at radius 1 is 1.08 bits per heavy atom. The molecule has 1 aromatic heterocycles. The maximum atomic E-state index is 13.2. The molecule has 7 heteroatoms. The van der Waals surface area contributed by atoms with Gasteiger partial charge < -0.3 is 19.9 Å². The number of methoxy groups -OCH3 is 1. The van der Waals surface area contributed by atoms with E-state index in [-0.39, 0.29) is 23.7 Å². The van der Waals surface area contributed by atoms with E-state index in [4.69, 9.17) is 4.74 Å². The lowest BCUT2D eigenvalue weighted by atomic mass is 9.69. The molecular formula is C30H40N4O3. The van der Waals surface area contributed by atoms with Crippen LogP contribution in [0.3, 0.4) is 0 Å². The largest absolute Gasteiger partial charge is 0.496 e. The van der Waals surface area contributed by atoms with Crippen molar-refractivity contribution in [3.63, 3.8) is 0 Å². The number of nitrogens with zero attached hydrogens (tertiary/aromatic N) is 3. The van der Waals surface area contributed by atoms with E-state index >= 15 is 0 Å².